The molecule has 0 bridgehead atoms. The molecule has 0 saturated heterocycles. The van der Waals surface area contributed by atoms with Crippen molar-refractivity contribution >= 4 is 39.1 Å². The number of rotatable bonds is 6. The van der Waals surface area contributed by atoms with Crippen LogP contribution in [0.15, 0.2) is 77.3 Å². The molecule has 3 aromatic rings. The fourth-order valence-corrected chi connectivity index (χ4v) is 3.33. The minimum atomic E-state index is -0.243. The van der Waals surface area contributed by atoms with Crippen molar-refractivity contribution in [2.45, 2.75) is 20.0 Å². The SMILES string of the molecule is CC(C)Oc1ccc(C(=O)Nc2ccc(C(=O)N(C)c3ccccc3)cc2)cc1Br. The van der Waals surface area contributed by atoms with Crippen molar-refractivity contribution in [1.29, 1.82) is 0 Å². The zero-order valence-electron chi connectivity index (χ0n) is 17.1. The summed E-state index contributed by atoms with van der Waals surface area (Å²) in [6.07, 6.45) is 0.0446. The molecule has 0 aliphatic rings. The van der Waals surface area contributed by atoms with Crippen molar-refractivity contribution in [1.82, 2.24) is 0 Å². The molecule has 6 heteroatoms. The second-order valence-corrected chi connectivity index (χ2v) is 7.90. The van der Waals surface area contributed by atoms with Gasteiger partial charge in [-0.25, -0.2) is 0 Å². The van der Waals surface area contributed by atoms with Crippen LogP contribution < -0.4 is 15.0 Å². The van der Waals surface area contributed by atoms with Gasteiger partial charge in [-0.1, -0.05) is 18.2 Å². The molecule has 0 heterocycles. The Balaban J connectivity index is 1.67. The Labute approximate surface area is 184 Å². The summed E-state index contributed by atoms with van der Waals surface area (Å²) in [5, 5.41) is 2.85. The summed E-state index contributed by atoms with van der Waals surface area (Å²) < 4.78 is 6.39. The van der Waals surface area contributed by atoms with Gasteiger partial charge in [0.05, 0.1) is 10.6 Å². The summed E-state index contributed by atoms with van der Waals surface area (Å²) in [6, 6.07) is 21.5. The number of para-hydroxylation sites is 1. The highest BCUT2D eigenvalue weighted by Crippen LogP contribution is 2.27. The largest absolute Gasteiger partial charge is 0.490 e. The summed E-state index contributed by atoms with van der Waals surface area (Å²) >= 11 is 3.44. The fraction of sp³-hybridized carbons (Fsp3) is 0.167. The maximum Gasteiger partial charge on any atom is 0.258 e. The number of carbonyl (C=O) groups is 2. The van der Waals surface area contributed by atoms with Crippen LogP contribution in [0.5, 0.6) is 5.75 Å². The van der Waals surface area contributed by atoms with Gasteiger partial charge in [-0.3, -0.25) is 9.59 Å². The molecule has 0 radical (unpaired) electrons. The number of nitrogens with zero attached hydrogens (tertiary/aromatic N) is 1. The molecule has 0 unspecified atom stereocenters. The number of benzene rings is 3. The number of hydrogen-bond donors (Lipinski definition) is 1. The number of hydrogen-bond acceptors (Lipinski definition) is 3. The van der Waals surface area contributed by atoms with Crippen molar-refractivity contribution in [3.8, 4) is 5.75 Å². The predicted octanol–water partition coefficient (Wildman–Crippen LogP) is 5.77. The maximum absolute atomic E-state index is 12.7. The summed E-state index contributed by atoms with van der Waals surface area (Å²) in [6.45, 7) is 3.89. The molecule has 2 amide bonds. The van der Waals surface area contributed by atoms with E-state index in [2.05, 4.69) is 21.2 Å². The molecule has 154 valence electrons. The van der Waals surface area contributed by atoms with E-state index in [1.165, 1.54) is 0 Å². The van der Waals surface area contributed by atoms with Gasteiger partial charge in [0, 0.05) is 29.5 Å². The normalized spacial score (nSPS) is 10.6. The van der Waals surface area contributed by atoms with Gasteiger partial charge < -0.3 is 15.0 Å². The Bertz CT molecular complexity index is 1030. The lowest BCUT2D eigenvalue weighted by atomic mass is 10.1. The molecule has 0 spiro atoms. The molecule has 0 fully saturated rings. The topological polar surface area (TPSA) is 58.6 Å². The molecular formula is C24H23BrN2O3. The Morgan fingerprint density at radius 1 is 0.933 bits per heavy atom. The second-order valence-electron chi connectivity index (χ2n) is 7.04. The van der Waals surface area contributed by atoms with Crippen molar-refractivity contribution in [3.63, 3.8) is 0 Å². The Kier molecular flexibility index (Phi) is 6.90. The van der Waals surface area contributed by atoms with Gasteiger partial charge in [-0.05, 0) is 84.4 Å². The monoisotopic (exact) mass is 466 g/mol. The van der Waals surface area contributed by atoms with Crippen LogP contribution in [0.1, 0.15) is 34.6 Å². The predicted molar refractivity (Wildman–Crippen MR) is 123 cm³/mol. The van der Waals surface area contributed by atoms with E-state index in [4.69, 9.17) is 4.74 Å². The van der Waals surface area contributed by atoms with Crippen molar-refractivity contribution < 1.29 is 14.3 Å². The summed E-state index contributed by atoms with van der Waals surface area (Å²) in [5.41, 5.74) is 2.46. The van der Waals surface area contributed by atoms with Crippen molar-refractivity contribution in [2.24, 2.45) is 0 Å². The van der Waals surface area contributed by atoms with E-state index < -0.39 is 0 Å². The zero-order valence-corrected chi connectivity index (χ0v) is 18.6. The average Bonchev–Trinajstić information content (AvgIpc) is 2.75. The number of anilines is 2. The fourth-order valence-electron chi connectivity index (χ4n) is 2.85. The third-order valence-corrected chi connectivity index (χ3v) is 5.01. The van der Waals surface area contributed by atoms with Gasteiger partial charge in [0.2, 0.25) is 0 Å². The molecule has 0 aromatic heterocycles. The molecule has 0 aliphatic carbocycles. The van der Waals surface area contributed by atoms with Gasteiger partial charge in [-0.2, -0.15) is 0 Å². The third-order valence-electron chi connectivity index (χ3n) is 4.39. The second kappa shape index (κ2) is 9.59. The van der Waals surface area contributed by atoms with Crippen molar-refractivity contribution in [2.75, 3.05) is 17.3 Å². The number of nitrogens with one attached hydrogen (secondary N) is 1. The number of carbonyl (C=O) groups excluding carboxylic acids is 2. The molecule has 3 rings (SSSR count). The maximum atomic E-state index is 12.7. The molecule has 3 aromatic carbocycles. The Morgan fingerprint density at radius 3 is 2.17 bits per heavy atom. The summed E-state index contributed by atoms with van der Waals surface area (Å²) in [7, 11) is 1.73. The van der Waals surface area contributed by atoms with E-state index in [0.717, 1.165) is 5.69 Å². The van der Waals surface area contributed by atoms with Crippen LogP contribution in [0.2, 0.25) is 0 Å². The summed E-state index contributed by atoms with van der Waals surface area (Å²) in [4.78, 5) is 26.8. The van der Waals surface area contributed by atoms with E-state index in [9.17, 15) is 9.59 Å². The molecule has 5 nitrogen and oxygen atoms in total. The van der Waals surface area contributed by atoms with Gasteiger partial charge in [0.25, 0.3) is 11.8 Å². The van der Waals surface area contributed by atoms with Crippen molar-refractivity contribution in [3.05, 3.63) is 88.4 Å². The first-order chi connectivity index (χ1) is 14.3. The van der Waals surface area contributed by atoms with E-state index in [1.807, 2.05) is 44.2 Å². The third kappa shape index (κ3) is 5.27. The molecule has 0 saturated carbocycles. The number of amides is 2. The van der Waals surface area contributed by atoms with Gasteiger partial charge >= 0.3 is 0 Å². The lowest BCUT2D eigenvalue weighted by Crippen LogP contribution is -2.26. The van der Waals surface area contributed by atoms with Crippen LogP contribution in [0.25, 0.3) is 0 Å². The smallest absolute Gasteiger partial charge is 0.258 e. The quantitative estimate of drug-likeness (QED) is 0.501. The van der Waals surface area contributed by atoms with E-state index >= 15 is 0 Å². The van der Waals surface area contributed by atoms with Crippen LogP contribution in [-0.4, -0.2) is 25.0 Å². The first kappa shape index (κ1) is 21.6. The molecular weight excluding hydrogens is 444 g/mol. The average molecular weight is 467 g/mol. The molecule has 1 N–H and O–H groups in total. The molecule has 0 atom stereocenters. The van der Waals surface area contributed by atoms with Gasteiger partial charge in [-0.15, -0.1) is 0 Å². The standard InChI is InChI=1S/C24H23BrN2O3/c1-16(2)30-22-14-11-18(15-21(22)25)23(28)26-19-12-9-17(10-13-19)24(29)27(3)20-7-5-4-6-8-20/h4-16H,1-3H3,(H,26,28). The molecule has 30 heavy (non-hydrogen) atoms. The minimum Gasteiger partial charge on any atom is -0.490 e. The van der Waals surface area contributed by atoms with Crippen LogP contribution in [0, 0.1) is 0 Å². The molecule has 0 aliphatic heterocycles. The zero-order chi connectivity index (χ0) is 21.7. The highest BCUT2D eigenvalue weighted by Gasteiger charge is 2.14. The van der Waals surface area contributed by atoms with Crippen LogP contribution in [-0.2, 0) is 0 Å². The van der Waals surface area contributed by atoms with Gasteiger partial charge in [0.1, 0.15) is 5.75 Å². The highest BCUT2D eigenvalue weighted by atomic mass is 79.9. The Morgan fingerprint density at radius 2 is 1.57 bits per heavy atom. The van der Waals surface area contributed by atoms with Gasteiger partial charge in [0.15, 0.2) is 0 Å². The summed E-state index contributed by atoms with van der Waals surface area (Å²) in [5.74, 6) is 0.322. The van der Waals surface area contributed by atoms with E-state index in [-0.39, 0.29) is 17.9 Å². The van der Waals surface area contributed by atoms with Crippen LogP contribution in [0.3, 0.4) is 0 Å². The van der Waals surface area contributed by atoms with E-state index in [0.29, 0.717) is 27.0 Å². The van der Waals surface area contributed by atoms with Crippen LogP contribution in [0.4, 0.5) is 11.4 Å². The lowest BCUT2D eigenvalue weighted by molar-refractivity contribution is 0.0991. The highest BCUT2D eigenvalue weighted by molar-refractivity contribution is 9.10. The number of ether oxygens (including phenoxy) is 1. The van der Waals surface area contributed by atoms with E-state index in [1.54, 1.807) is 54.4 Å². The lowest BCUT2D eigenvalue weighted by Gasteiger charge is -2.17. The Hall–Kier alpha value is -3.12. The minimum absolute atomic E-state index is 0.0446. The first-order valence-corrected chi connectivity index (χ1v) is 10.3. The number of halogens is 1. The first-order valence-electron chi connectivity index (χ1n) is 9.56. The van der Waals surface area contributed by atoms with Crippen LogP contribution >= 0.6 is 15.9 Å².